The molecular weight excluding hydrogens is 100 g/mol. The molecule has 0 spiro atoms. The second-order valence-corrected chi connectivity index (χ2v) is 1.18. The summed E-state index contributed by atoms with van der Waals surface area (Å²) in [4.78, 5) is 3.73. The number of hydrogen-bond donors (Lipinski definition) is 1. The van der Waals surface area contributed by atoms with E-state index >= 15 is 0 Å². The molecule has 0 bridgehead atoms. The molecule has 0 rings (SSSR count). The molecular formula is C6H10N2. The molecule has 0 atom stereocenters. The first-order valence-electron chi connectivity index (χ1n) is 2.39. The van der Waals surface area contributed by atoms with Crippen molar-refractivity contribution in [2.75, 3.05) is 6.54 Å². The third-order valence-corrected chi connectivity index (χ3v) is 0.588. The molecule has 0 saturated carbocycles. The van der Waals surface area contributed by atoms with E-state index < -0.39 is 0 Å². The topological polar surface area (TPSA) is 38.4 Å². The molecule has 2 heteroatoms. The molecule has 0 aromatic heterocycles. The van der Waals surface area contributed by atoms with E-state index in [1.165, 1.54) is 6.34 Å². The van der Waals surface area contributed by atoms with Crippen LogP contribution in [0.25, 0.3) is 0 Å². The normalized spacial score (nSPS) is 11.0. The molecule has 0 radical (unpaired) electrons. The van der Waals surface area contributed by atoms with E-state index in [1.807, 2.05) is 12.2 Å². The third kappa shape index (κ3) is 4.95. The number of allylic oxidation sites excluding steroid dienone is 2. The summed E-state index contributed by atoms with van der Waals surface area (Å²) < 4.78 is 0. The minimum atomic E-state index is 0.641. The van der Waals surface area contributed by atoms with Gasteiger partial charge in [0.2, 0.25) is 0 Å². The van der Waals surface area contributed by atoms with Crippen molar-refractivity contribution in [3.63, 3.8) is 0 Å². The SMILES string of the molecule is C=C/C=C\CN=CN. The number of aliphatic imine (C=N–C) groups is 1. The van der Waals surface area contributed by atoms with Gasteiger partial charge in [-0.05, 0) is 0 Å². The summed E-state index contributed by atoms with van der Waals surface area (Å²) in [5.41, 5.74) is 4.96. The van der Waals surface area contributed by atoms with Crippen molar-refractivity contribution in [2.24, 2.45) is 10.7 Å². The van der Waals surface area contributed by atoms with Gasteiger partial charge in [-0.2, -0.15) is 0 Å². The van der Waals surface area contributed by atoms with Gasteiger partial charge < -0.3 is 5.73 Å². The van der Waals surface area contributed by atoms with E-state index in [2.05, 4.69) is 11.6 Å². The van der Waals surface area contributed by atoms with E-state index in [0.717, 1.165) is 0 Å². The van der Waals surface area contributed by atoms with Crippen LogP contribution in [0.4, 0.5) is 0 Å². The highest BCUT2D eigenvalue weighted by Gasteiger charge is 1.62. The molecule has 0 amide bonds. The van der Waals surface area contributed by atoms with Crippen molar-refractivity contribution in [3.05, 3.63) is 24.8 Å². The molecule has 44 valence electrons. The fraction of sp³-hybridized carbons (Fsp3) is 0.167. The number of nitrogens with zero attached hydrogens (tertiary/aromatic N) is 1. The summed E-state index contributed by atoms with van der Waals surface area (Å²) in [6, 6.07) is 0. The largest absolute Gasteiger partial charge is 0.390 e. The minimum Gasteiger partial charge on any atom is -0.390 e. The van der Waals surface area contributed by atoms with Crippen LogP contribution in [0.5, 0.6) is 0 Å². The van der Waals surface area contributed by atoms with E-state index in [9.17, 15) is 0 Å². The van der Waals surface area contributed by atoms with Crippen molar-refractivity contribution in [1.29, 1.82) is 0 Å². The highest BCUT2D eigenvalue weighted by atomic mass is 14.8. The fourth-order valence-corrected chi connectivity index (χ4v) is 0.279. The molecule has 0 aliphatic rings. The van der Waals surface area contributed by atoms with Crippen LogP contribution >= 0.6 is 0 Å². The van der Waals surface area contributed by atoms with Gasteiger partial charge in [-0.15, -0.1) is 0 Å². The summed E-state index contributed by atoms with van der Waals surface area (Å²) in [5.74, 6) is 0. The summed E-state index contributed by atoms with van der Waals surface area (Å²) >= 11 is 0. The van der Waals surface area contributed by atoms with Crippen molar-refractivity contribution < 1.29 is 0 Å². The maximum atomic E-state index is 4.96. The van der Waals surface area contributed by atoms with Crippen molar-refractivity contribution in [1.82, 2.24) is 0 Å². The molecule has 0 aliphatic heterocycles. The van der Waals surface area contributed by atoms with Crippen LogP contribution < -0.4 is 5.73 Å². The summed E-state index contributed by atoms with van der Waals surface area (Å²) in [6.07, 6.45) is 6.68. The third-order valence-electron chi connectivity index (χ3n) is 0.588. The second kappa shape index (κ2) is 5.95. The Labute approximate surface area is 49.4 Å². The van der Waals surface area contributed by atoms with E-state index in [0.29, 0.717) is 6.54 Å². The zero-order valence-corrected chi connectivity index (χ0v) is 4.75. The Morgan fingerprint density at radius 1 is 1.62 bits per heavy atom. The highest BCUT2D eigenvalue weighted by molar-refractivity contribution is 5.51. The maximum Gasteiger partial charge on any atom is 0.0801 e. The monoisotopic (exact) mass is 110 g/mol. The summed E-state index contributed by atoms with van der Waals surface area (Å²) in [5, 5.41) is 0. The van der Waals surface area contributed by atoms with Crippen LogP contribution in [0.3, 0.4) is 0 Å². The Morgan fingerprint density at radius 2 is 2.38 bits per heavy atom. The predicted molar refractivity (Wildman–Crippen MR) is 36.9 cm³/mol. The minimum absolute atomic E-state index is 0.641. The van der Waals surface area contributed by atoms with Gasteiger partial charge in [0.15, 0.2) is 0 Å². The smallest absolute Gasteiger partial charge is 0.0801 e. The lowest BCUT2D eigenvalue weighted by molar-refractivity contribution is 1.25. The standard InChI is InChI=1S/C6H10N2/c1-2-3-4-5-8-6-7/h2-4,6H,1,5H2,(H2,7,8)/b4-3-. The Kier molecular flexibility index (Phi) is 5.17. The van der Waals surface area contributed by atoms with Gasteiger partial charge in [0, 0.05) is 0 Å². The molecule has 0 unspecified atom stereocenters. The van der Waals surface area contributed by atoms with E-state index in [1.54, 1.807) is 6.08 Å². The molecule has 8 heavy (non-hydrogen) atoms. The molecule has 0 heterocycles. The molecule has 0 aliphatic carbocycles. The van der Waals surface area contributed by atoms with Crippen molar-refractivity contribution in [2.45, 2.75) is 0 Å². The van der Waals surface area contributed by atoms with E-state index in [-0.39, 0.29) is 0 Å². The Morgan fingerprint density at radius 3 is 2.88 bits per heavy atom. The number of nitrogens with two attached hydrogens (primary N) is 1. The van der Waals surface area contributed by atoms with Crippen LogP contribution in [0, 0.1) is 0 Å². The first-order valence-corrected chi connectivity index (χ1v) is 2.39. The predicted octanol–water partition coefficient (Wildman–Crippen LogP) is 0.716. The molecule has 0 fully saturated rings. The average molecular weight is 110 g/mol. The molecule has 0 saturated heterocycles. The van der Waals surface area contributed by atoms with Gasteiger partial charge in [-0.1, -0.05) is 24.8 Å². The van der Waals surface area contributed by atoms with Crippen LogP contribution in [-0.4, -0.2) is 12.9 Å². The maximum absolute atomic E-state index is 4.96. The van der Waals surface area contributed by atoms with Gasteiger partial charge in [0.05, 0.1) is 12.9 Å². The average Bonchev–Trinajstić information content (AvgIpc) is 1.81. The number of rotatable bonds is 3. The Hall–Kier alpha value is -1.05. The number of hydrogen-bond acceptors (Lipinski definition) is 1. The van der Waals surface area contributed by atoms with Gasteiger partial charge in [-0.25, -0.2) is 0 Å². The molecule has 2 N–H and O–H groups in total. The zero-order chi connectivity index (χ0) is 6.24. The molecule has 2 nitrogen and oxygen atoms in total. The summed E-state index contributed by atoms with van der Waals surface area (Å²) in [6.45, 7) is 4.13. The van der Waals surface area contributed by atoms with E-state index in [4.69, 9.17) is 5.73 Å². The lowest BCUT2D eigenvalue weighted by atomic mass is 10.5. The molecule has 0 aromatic rings. The van der Waals surface area contributed by atoms with Crippen LogP contribution in [0.15, 0.2) is 29.8 Å². The van der Waals surface area contributed by atoms with Crippen molar-refractivity contribution in [3.8, 4) is 0 Å². The van der Waals surface area contributed by atoms with Crippen LogP contribution in [-0.2, 0) is 0 Å². The Bertz CT molecular complexity index is 103. The highest BCUT2D eigenvalue weighted by Crippen LogP contribution is 1.72. The summed E-state index contributed by atoms with van der Waals surface area (Å²) in [7, 11) is 0. The molecule has 0 aromatic carbocycles. The second-order valence-electron chi connectivity index (χ2n) is 1.18. The van der Waals surface area contributed by atoms with Gasteiger partial charge >= 0.3 is 0 Å². The Balaban J connectivity index is 3.15. The van der Waals surface area contributed by atoms with Crippen LogP contribution in [0.2, 0.25) is 0 Å². The first kappa shape index (κ1) is 6.95. The lowest BCUT2D eigenvalue weighted by Gasteiger charge is -1.76. The zero-order valence-electron chi connectivity index (χ0n) is 4.75. The quantitative estimate of drug-likeness (QED) is 0.324. The van der Waals surface area contributed by atoms with Crippen molar-refractivity contribution >= 4 is 6.34 Å². The lowest BCUT2D eigenvalue weighted by Crippen LogP contribution is -1.88. The van der Waals surface area contributed by atoms with Gasteiger partial charge in [-0.3, -0.25) is 4.99 Å². The van der Waals surface area contributed by atoms with Gasteiger partial charge in [0.25, 0.3) is 0 Å². The van der Waals surface area contributed by atoms with Gasteiger partial charge in [0.1, 0.15) is 0 Å². The van der Waals surface area contributed by atoms with Crippen LogP contribution in [0.1, 0.15) is 0 Å². The fourth-order valence-electron chi connectivity index (χ4n) is 0.279. The first-order chi connectivity index (χ1) is 3.91.